The van der Waals surface area contributed by atoms with Crippen molar-refractivity contribution < 1.29 is 39.1 Å². The highest BCUT2D eigenvalue weighted by Gasteiger charge is 2.11. The molecule has 0 atom stereocenters. The van der Waals surface area contributed by atoms with E-state index < -0.39 is 24.0 Å². The predicted octanol–water partition coefficient (Wildman–Crippen LogP) is 5.04. The summed E-state index contributed by atoms with van der Waals surface area (Å²) >= 11 is 3.39. The molecular formula is C29H44BrClN8O8. The van der Waals surface area contributed by atoms with Gasteiger partial charge in [-0.05, 0) is 68.0 Å². The van der Waals surface area contributed by atoms with E-state index in [1.807, 2.05) is 58.0 Å². The number of aryl methyl sites for hydroxylation is 4. The number of hydrogen-bond acceptors (Lipinski definition) is 8. The van der Waals surface area contributed by atoms with Crippen LogP contribution in [0.15, 0.2) is 34.8 Å². The lowest BCUT2D eigenvalue weighted by molar-refractivity contribution is -0.143. The molecule has 0 heterocycles. The number of amides is 4. The fourth-order valence-corrected chi connectivity index (χ4v) is 4.23. The highest BCUT2D eigenvalue weighted by Crippen LogP contribution is 2.25. The van der Waals surface area contributed by atoms with Crippen molar-refractivity contribution in [2.75, 3.05) is 24.4 Å². The minimum Gasteiger partial charge on any atom is -0.481 e. The highest BCUT2D eigenvalue weighted by molar-refractivity contribution is 9.10. The fourth-order valence-electron chi connectivity index (χ4n) is 3.54. The monoisotopic (exact) mass is 746 g/mol. The van der Waals surface area contributed by atoms with Crippen LogP contribution in [0.2, 0.25) is 0 Å². The van der Waals surface area contributed by atoms with Gasteiger partial charge >= 0.3 is 24.0 Å². The van der Waals surface area contributed by atoms with E-state index in [1.165, 1.54) is 7.11 Å². The summed E-state index contributed by atoms with van der Waals surface area (Å²) in [6.45, 7) is 10.1. The first-order valence-corrected chi connectivity index (χ1v) is 14.8. The van der Waals surface area contributed by atoms with Crippen LogP contribution in [0.4, 0.5) is 21.0 Å². The number of nitrogens with one attached hydrogen (secondary N) is 8. The van der Waals surface area contributed by atoms with Crippen molar-refractivity contribution in [3.63, 3.8) is 0 Å². The number of aliphatic carboxylic acids is 2. The van der Waals surface area contributed by atoms with Gasteiger partial charge in [0.05, 0.1) is 26.6 Å². The molecule has 0 fully saturated rings. The molecule has 0 saturated carbocycles. The summed E-state index contributed by atoms with van der Waals surface area (Å²) in [6, 6.07) is 8.80. The van der Waals surface area contributed by atoms with Crippen LogP contribution in [0, 0.1) is 24.7 Å². The molecule has 0 aromatic heterocycles. The van der Waals surface area contributed by atoms with E-state index in [0.29, 0.717) is 6.61 Å². The fraction of sp³-hybridized carbons (Fsp3) is 0.379. The molecule has 2 aromatic rings. The molecule has 16 nitrogen and oxygen atoms in total. The number of para-hydroxylation sites is 1. The van der Waals surface area contributed by atoms with E-state index in [1.54, 1.807) is 6.92 Å². The molecule has 10 N–H and O–H groups in total. The molecular weight excluding hydrogens is 704 g/mol. The predicted molar refractivity (Wildman–Crippen MR) is 185 cm³/mol. The summed E-state index contributed by atoms with van der Waals surface area (Å²) < 4.78 is 0.956. The maximum absolute atomic E-state index is 11.9. The number of carbonyl (C=O) groups is 4. The Balaban J connectivity index is 0. The lowest BCUT2D eigenvalue weighted by atomic mass is 10.0. The number of urea groups is 2. The maximum Gasteiger partial charge on any atom is 0.326 e. The quantitative estimate of drug-likeness (QED) is 0.0881. The molecule has 0 unspecified atom stereocenters. The lowest BCUT2D eigenvalue weighted by Gasteiger charge is -2.15. The van der Waals surface area contributed by atoms with E-state index >= 15 is 0 Å². The number of halogens is 2. The largest absolute Gasteiger partial charge is 0.481 e. The van der Waals surface area contributed by atoms with Gasteiger partial charge in [-0.1, -0.05) is 48.0 Å². The van der Waals surface area contributed by atoms with Gasteiger partial charge in [0.2, 0.25) is 11.9 Å². The number of guanidine groups is 2. The van der Waals surface area contributed by atoms with E-state index in [4.69, 9.17) is 25.9 Å². The maximum atomic E-state index is 11.9. The first-order chi connectivity index (χ1) is 21.7. The SMILES string of the molecule is CCONC(=N)NC(=O)Nc1c(CC)cccc1CC.CONC(=N)NC(=O)Nc1c(C)cc(Br)cc1C.Cl.O=C(O)CCC(=O)O. The minimum atomic E-state index is -1.08. The zero-order valence-electron chi connectivity index (χ0n) is 27.1. The van der Waals surface area contributed by atoms with Crippen LogP contribution in [0.1, 0.15) is 55.9 Å². The second-order valence-corrected chi connectivity index (χ2v) is 10.0. The third kappa shape index (κ3) is 19.6. The van der Waals surface area contributed by atoms with Crippen LogP contribution in [-0.4, -0.2) is 59.8 Å². The number of carboxylic acids is 2. The molecule has 0 saturated heterocycles. The van der Waals surface area contributed by atoms with Gasteiger partial charge in [-0.25, -0.2) is 20.5 Å². The Hall–Kier alpha value is -4.45. The number of anilines is 2. The molecule has 0 aliphatic rings. The van der Waals surface area contributed by atoms with Gasteiger partial charge in [-0.2, -0.15) is 0 Å². The molecule has 18 heteroatoms. The summed E-state index contributed by atoms with van der Waals surface area (Å²) in [5, 5.41) is 40.7. The second kappa shape index (κ2) is 24.7. The van der Waals surface area contributed by atoms with Gasteiger partial charge in [0.25, 0.3) is 0 Å². The topological polar surface area (TPSA) is 247 Å². The summed E-state index contributed by atoms with van der Waals surface area (Å²) in [7, 11) is 1.36. The molecule has 2 rings (SSSR count). The number of rotatable bonds is 10. The third-order valence-electron chi connectivity index (χ3n) is 5.53. The van der Waals surface area contributed by atoms with Crippen molar-refractivity contribution in [1.29, 1.82) is 10.8 Å². The highest BCUT2D eigenvalue weighted by atomic mass is 79.9. The minimum absolute atomic E-state index is 0. The first-order valence-electron chi connectivity index (χ1n) is 14.0. The van der Waals surface area contributed by atoms with Crippen LogP contribution in [0.3, 0.4) is 0 Å². The average Bonchev–Trinajstić information content (AvgIpc) is 2.97. The summed E-state index contributed by atoms with van der Waals surface area (Å²) in [5.41, 5.74) is 10.1. The van der Waals surface area contributed by atoms with Crippen LogP contribution in [0.25, 0.3) is 0 Å². The number of benzene rings is 2. The Morgan fingerprint density at radius 2 is 1.21 bits per heavy atom. The molecule has 0 aliphatic carbocycles. The number of hydrogen-bond donors (Lipinski definition) is 10. The summed E-state index contributed by atoms with van der Waals surface area (Å²) in [4.78, 5) is 52.1. The Morgan fingerprint density at radius 1 is 0.787 bits per heavy atom. The molecule has 47 heavy (non-hydrogen) atoms. The molecule has 0 radical (unpaired) electrons. The second-order valence-electron chi connectivity index (χ2n) is 9.11. The van der Waals surface area contributed by atoms with E-state index in [2.05, 4.69) is 53.0 Å². The van der Waals surface area contributed by atoms with Crippen molar-refractivity contribution in [1.82, 2.24) is 21.6 Å². The molecule has 0 bridgehead atoms. The van der Waals surface area contributed by atoms with Gasteiger partial charge in [0.1, 0.15) is 0 Å². The van der Waals surface area contributed by atoms with Crippen LogP contribution in [0.5, 0.6) is 0 Å². The Kier molecular flexibility index (Phi) is 23.5. The van der Waals surface area contributed by atoms with Gasteiger partial charge in [-0.3, -0.25) is 40.7 Å². The normalized spacial score (nSPS) is 9.43. The van der Waals surface area contributed by atoms with Crippen molar-refractivity contribution >= 4 is 75.6 Å². The van der Waals surface area contributed by atoms with E-state index in [-0.39, 0.29) is 37.2 Å². The standard InChI is InChI=1S/C14H22N4O2.C11H15BrN4O2.C4H6O4.ClH/c1-4-10-8-7-9-11(5-2)12(10)16-14(19)17-13(15)18-20-6-3;1-6-4-8(12)5-7(2)9(6)14-11(17)15-10(13)16-18-3;5-3(6)1-2-4(7)8;/h7-9H,4-6H2,1-3H3,(H4,15,16,17,18,19);4-5H,1-3H3,(H4,13,14,15,16,17);1-2H2,(H,5,6)(H,7,8);1H. The molecule has 4 amide bonds. The van der Waals surface area contributed by atoms with Gasteiger partial charge in [0, 0.05) is 15.8 Å². The van der Waals surface area contributed by atoms with Crippen LogP contribution >= 0.6 is 28.3 Å². The lowest BCUT2D eigenvalue weighted by Crippen LogP contribution is -2.42. The van der Waals surface area contributed by atoms with E-state index in [9.17, 15) is 19.2 Å². The summed E-state index contributed by atoms with van der Waals surface area (Å²) in [6.07, 6.45) is 1.07. The van der Waals surface area contributed by atoms with Crippen molar-refractivity contribution in [2.24, 2.45) is 0 Å². The smallest absolute Gasteiger partial charge is 0.326 e. The number of carbonyl (C=O) groups excluding carboxylic acids is 2. The Morgan fingerprint density at radius 3 is 1.60 bits per heavy atom. The average molecular weight is 748 g/mol. The number of hydroxylamine groups is 2. The zero-order valence-corrected chi connectivity index (χ0v) is 29.5. The van der Waals surface area contributed by atoms with Crippen LogP contribution < -0.4 is 32.2 Å². The van der Waals surface area contributed by atoms with Crippen LogP contribution in [-0.2, 0) is 32.1 Å². The van der Waals surface area contributed by atoms with Gasteiger partial charge in [0.15, 0.2) is 0 Å². The third-order valence-corrected chi connectivity index (χ3v) is 5.98. The van der Waals surface area contributed by atoms with Crippen molar-refractivity contribution in [2.45, 2.75) is 60.3 Å². The Bertz CT molecular complexity index is 1300. The molecule has 0 aliphatic heterocycles. The summed E-state index contributed by atoms with van der Waals surface area (Å²) in [5.74, 6) is -2.58. The van der Waals surface area contributed by atoms with Gasteiger partial charge in [-0.15, -0.1) is 12.4 Å². The Labute approximate surface area is 288 Å². The van der Waals surface area contributed by atoms with Crippen molar-refractivity contribution in [3.05, 3.63) is 57.1 Å². The first kappa shape index (κ1) is 44.7. The van der Waals surface area contributed by atoms with E-state index in [0.717, 1.165) is 50.9 Å². The molecule has 0 spiro atoms. The molecule has 2 aromatic carbocycles. The van der Waals surface area contributed by atoms with Gasteiger partial charge < -0.3 is 20.8 Å². The van der Waals surface area contributed by atoms with Crippen molar-refractivity contribution in [3.8, 4) is 0 Å². The zero-order chi connectivity index (χ0) is 35.2. The molecule has 262 valence electrons. The number of carboxylic acid groups (broad SMARTS) is 2.